The first kappa shape index (κ1) is 14.9. The Hall–Kier alpha value is -2.52. The van der Waals surface area contributed by atoms with Gasteiger partial charge in [-0.05, 0) is 49.2 Å². The van der Waals surface area contributed by atoms with Crippen molar-refractivity contribution in [2.45, 2.75) is 18.7 Å². The maximum atomic E-state index is 12.3. The lowest BCUT2D eigenvalue weighted by molar-refractivity contribution is 0.471. The number of hydrogen-bond acceptors (Lipinski definition) is 4. The molecule has 2 rings (SSSR count). The van der Waals surface area contributed by atoms with Crippen molar-refractivity contribution in [3.8, 4) is 11.8 Å². The summed E-state index contributed by atoms with van der Waals surface area (Å²) in [7, 11) is -3.76. The molecular formula is C15H14N2O3S. The zero-order valence-electron chi connectivity index (χ0n) is 11.6. The van der Waals surface area contributed by atoms with E-state index >= 15 is 0 Å². The molecule has 0 unspecified atom stereocenters. The molecule has 0 aliphatic rings. The average Bonchev–Trinajstić information content (AvgIpc) is 2.42. The van der Waals surface area contributed by atoms with E-state index in [0.29, 0.717) is 16.7 Å². The molecule has 0 heterocycles. The van der Waals surface area contributed by atoms with E-state index in [4.69, 9.17) is 5.26 Å². The second-order valence-electron chi connectivity index (χ2n) is 4.70. The van der Waals surface area contributed by atoms with Crippen molar-refractivity contribution >= 4 is 15.7 Å². The molecule has 0 amide bonds. The monoisotopic (exact) mass is 302 g/mol. The Morgan fingerprint density at radius 3 is 2.38 bits per heavy atom. The Morgan fingerprint density at radius 2 is 1.81 bits per heavy atom. The molecule has 0 aliphatic carbocycles. The topological polar surface area (TPSA) is 90.2 Å². The normalized spacial score (nSPS) is 10.9. The lowest BCUT2D eigenvalue weighted by Gasteiger charge is -2.10. The van der Waals surface area contributed by atoms with Crippen LogP contribution >= 0.6 is 0 Å². The first-order valence-electron chi connectivity index (χ1n) is 6.16. The van der Waals surface area contributed by atoms with E-state index in [1.165, 1.54) is 24.3 Å². The Labute approximate surface area is 123 Å². The highest BCUT2D eigenvalue weighted by atomic mass is 32.2. The van der Waals surface area contributed by atoms with E-state index in [0.717, 1.165) is 0 Å². The molecular weight excluding hydrogens is 288 g/mol. The summed E-state index contributed by atoms with van der Waals surface area (Å²) in [5, 5.41) is 18.5. The minimum Gasteiger partial charge on any atom is -0.508 e. The number of nitrogens with one attached hydrogen (secondary N) is 1. The number of nitrogens with zero attached hydrogens (tertiary/aromatic N) is 1. The summed E-state index contributed by atoms with van der Waals surface area (Å²) in [6, 6.07) is 10.8. The predicted molar refractivity (Wildman–Crippen MR) is 79.5 cm³/mol. The van der Waals surface area contributed by atoms with Gasteiger partial charge in [-0.25, -0.2) is 8.42 Å². The molecule has 2 N–H and O–H groups in total. The van der Waals surface area contributed by atoms with Crippen molar-refractivity contribution in [3.63, 3.8) is 0 Å². The van der Waals surface area contributed by atoms with E-state index in [2.05, 4.69) is 4.72 Å². The highest BCUT2D eigenvalue weighted by Crippen LogP contribution is 2.24. The molecule has 0 spiro atoms. The Bertz CT molecular complexity index is 836. The molecule has 6 heteroatoms. The van der Waals surface area contributed by atoms with E-state index in [1.807, 2.05) is 6.07 Å². The number of anilines is 1. The van der Waals surface area contributed by atoms with Gasteiger partial charge in [-0.1, -0.05) is 6.07 Å². The number of aromatic hydroxyl groups is 1. The predicted octanol–water partition coefficient (Wildman–Crippen LogP) is 2.68. The molecule has 0 radical (unpaired) electrons. The van der Waals surface area contributed by atoms with Crippen molar-refractivity contribution in [2.75, 3.05) is 4.72 Å². The van der Waals surface area contributed by atoms with Crippen molar-refractivity contribution in [1.82, 2.24) is 0 Å². The van der Waals surface area contributed by atoms with Gasteiger partial charge in [-0.3, -0.25) is 4.72 Å². The second kappa shape index (κ2) is 5.46. The van der Waals surface area contributed by atoms with E-state index in [9.17, 15) is 13.5 Å². The van der Waals surface area contributed by atoms with Gasteiger partial charge < -0.3 is 5.11 Å². The van der Waals surface area contributed by atoms with Gasteiger partial charge in [-0.2, -0.15) is 5.26 Å². The first-order chi connectivity index (χ1) is 9.83. The highest BCUT2D eigenvalue weighted by molar-refractivity contribution is 7.92. The van der Waals surface area contributed by atoms with Crippen LogP contribution in [0.3, 0.4) is 0 Å². The van der Waals surface area contributed by atoms with Crippen molar-refractivity contribution < 1.29 is 13.5 Å². The number of nitriles is 1. The highest BCUT2D eigenvalue weighted by Gasteiger charge is 2.15. The Morgan fingerprint density at radius 1 is 1.10 bits per heavy atom. The van der Waals surface area contributed by atoms with Crippen LogP contribution in [0.1, 0.15) is 16.7 Å². The Balaban J connectivity index is 2.36. The van der Waals surface area contributed by atoms with Crippen LogP contribution in [0.25, 0.3) is 0 Å². The average molecular weight is 302 g/mol. The Kier molecular flexibility index (Phi) is 3.87. The number of benzene rings is 2. The standard InChI is InChI=1S/C15H14N2O3S/c1-10-3-5-13(8-15(10)18)17-21(19,20)14-6-4-12(9-16)11(2)7-14/h3-8,17-18H,1-2H3. The number of phenolic OH excluding ortho intramolecular Hbond substituents is 1. The van der Waals surface area contributed by atoms with E-state index in [-0.39, 0.29) is 16.3 Å². The third-order valence-electron chi connectivity index (χ3n) is 3.09. The summed E-state index contributed by atoms with van der Waals surface area (Å²) in [6.45, 7) is 3.40. The van der Waals surface area contributed by atoms with Crippen molar-refractivity contribution in [1.29, 1.82) is 5.26 Å². The molecule has 0 saturated heterocycles. The van der Waals surface area contributed by atoms with E-state index < -0.39 is 10.0 Å². The van der Waals surface area contributed by atoms with Crippen LogP contribution < -0.4 is 4.72 Å². The molecule has 0 saturated carbocycles. The fourth-order valence-corrected chi connectivity index (χ4v) is 2.95. The van der Waals surface area contributed by atoms with Gasteiger partial charge in [0.1, 0.15) is 5.75 Å². The maximum absolute atomic E-state index is 12.3. The van der Waals surface area contributed by atoms with Crippen LogP contribution in [0.2, 0.25) is 0 Å². The summed E-state index contributed by atoms with van der Waals surface area (Å²) in [6.07, 6.45) is 0. The minimum atomic E-state index is -3.76. The molecule has 5 nitrogen and oxygen atoms in total. The van der Waals surface area contributed by atoms with Gasteiger partial charge in [0.05, 0.1) is 22.2 Å². The lowest BCUT2D eigenvalue weighted by atomic mass is 10.1. The molecule has 0 aliphatic heterocycles. The molecule has 108 valence electrons. The number of phenols is 1. The molecule has 0 aromatic heterocycles. The van der Waals surface area contributed by atoms with Crippen LogP contribution in [-0.2, 0) is 10.0 Å². The molecule has 21 heavy (non-hydrogen) atoms. The fourth-order valence-electron chi connectivity index (χ4n) is 1.82. The summed E-state index contributed by atoms with van der Waals surface area (Å²) >= 11 is 0. The molecule has 0 bridgehead atoms. The molecule has 0 atom stereocenters. The van der Waals surface area contributed by atoms with Crippen LogP contribution in [0, 0.1) is 25.2 Å². The van der Waals surface area contributed by atoms with Crippen LogP contribution in [0.5, 0.6) is 5.75 Å². The van der Waals surface area contributed by atoms with Crippen LogP contribution in [-0.4, -0.2) is 13.5 Å². The minimum absolute atomic E-state index is 0.0196. The SMILES string of the molecule is Cc1ccc(NS(=O)(=O)c2ccc(C#N)c(C)c2)cc1O. The summed E-state index contributed by atoms with van der Waals surface area (Å²) < 4.78 is 26.9. The van der Waals surface area contributed by atoms with Gasteiger partial charge in [0, 0.05) is 6.07 Å². The quantitative estimate of drug-likeness (QED) is 0.912. The number of hydrogen-bond donors (Lipinski definition) is 2. The fraction of sp³-hybridized carbons (Fsp3) is 0.133. The molecule has 2 aromatic rings. The molecule has 0 fully saturated rings. The number of rotatable bonds is 3. The lowest BCUT2D eigenvalue weighted by Crippen LogP contribution is -2.13. The van der Waals surface area contributed by atoms with Gasteiger partial charge in [0.25, 0.3) is 10.0 Å². The molecule has 2 aromatic carbocycles. The summed E-state index contributed by atoms with van der Waals surface area (Å²) in [5.74, 6) is 0.0196. The van der Waals surface area contributed by atoms with Crippen molar-refractivity contribution in [2.24, 2.45) is 0 Å². The maximum Gasteiger partial charge on any atom is 0.261 e. The number of sulfonamides is 1. The smallest absolute Gasteiger partial charge is 0.261 e. The zero-order valence-corrected chi connectivity index (χ0v) is 12.4. The van der Waals surface area contributed by atoms with Crippen LogP contribution in [0.4, 0.5) is 5.69 Å². The number of aryl methyl sites for hydroxylation is 2. The van der Waals surface area contributed by atoms with Gasteiger partial charge in [0.2, 0.25) is 0 Å². The largest absolute Gasteiger partial charge is 0.508 e. The first-order valence-corrected chi connectivity index (χ1v) is 7.65. The third-order valence-corrected chi connectivity index (χ3v) is 4.47. The summed E-state index contributed by atoms with van der Waals surface area (Å²) in [5.41, 5.74) is 1.96. The summed E-state index contributed by atoms with van der Waals surface area (Å²) in [4.78, 5) is 0.0686. The zero-order chi connectivity index (χ0) is 15.6. The van der Waals surface area contributed by atoms with Crippen LogP contribution in [0.15, 0.2) is 41.3 Å². The van der Waals surface area contributed by atoms with Crippen molar-refractivity contribution in [3.05, 3.63) is 53.1 Å². The van der Waals surface area contributed by atoms with Gasteiger partial charge in [-0.15, -0.1) is 0 Å². The second-order valence-corrected chi connectivity index (χ2v) is 6.38. The third kappa shape index (κ3) is 3.15. The van der Waals surface area contributed by atoms with Gasteiger partial charge >= 0.3 is 0 Å². The van der Waals surface area contributed by atoms with E-state index in [1.54, 1.807) is 26.0 Å². The van der Waals surface area contributed by atoms with Gasteiger partial charge in [0.15, 0.2) is 0 Å².